The Balaban J connectivity index is 2.05. The van der Waals surface area contributed by atoms with Crippen molar-refractivity contribution in [3.05, 3.63) is 65.1 Å². The number of furan rings is 1. The van der Waals surface area contributed by atoms with Gasteiger partial charge < -0.3 is 19.3 Å². The number of nitrogens with zero attached hydrogens (tertiary/aromatic N) is 2. The number of Topliss-reactive ketones (excluding diaryl/α,β-unsaturated/α-hetero) is 1. The summed E-state index contributed by atoms with van der Waals surface area (Å²) in [5, 5.41) is 10.8. The molecule has 2 heterocycles. The van der Waals surface area contributed by atoms with Crippen LogP contribution in [0.25, 0.3) is 5.76 Å². The van der Waals surface area contributed by atoms with Crippen molar-refractivity contribution in [2.75, 3.05) is 27.2 Å². The summed E-state index contributed by atoms with van der Waals surface area (Å²) < 4.78 is 5.74. The number of hydrogen-bond acceptors (Lipinski definition) is 5. The van der Waals surface area contributed by atoms with Crippen molar-refractivity contribution in [1.82, 2.24) is 9.80 Å². The number of aryl methyl sites for hydroxylation is 1. The molecular weight excluding hydrogens is 344 g/mol. The van der Waals surface area contributed by atoms with Gasteiger partial charge in [0.1, 0.15) is 23.3 Å². The van der Waals surface area contributed by atoms with E-state index in [2.05, 4.69) is 0 Å². The average molecular weight is 368 g/mol. The first-order valence-electron chi connectivity index (χ1n) is 8.95. The van der Waals surface area contributed by atoms with E-state index < -0.39 is 17.7 Å². The van der Waals surface area contributed by atoms with Gasteiger partial charge >= 0.3 is 0 Å². The second kappa shape index (κ2) is 7.80. The molecule has 1 aliphatic heterocycles. The lowest BCUT2D eigenvalue weighted by atomic mass is 9.99. The molecule has 0 radical (unpaired) electrons. The Kier molecular flexibility index (Phi) is 5.46. The highest BCUT2D eigenvalue weighted by molar-refractivity contribution is 6.46. The minimum Gasteiger partial charge on any atom is -0.507 e. The molecule has 1 aromatic carbocycles. The summed E-state index contributed by atoms with van der Waals surface area (Å²) in [6, 6.07) is 11.6. The molecule has 1 saturated heterocycles. The lowest BCUT2D eigenvalue weighted by Crippen LogP contribution is -2.32. The Morgan fingerprint density at radius 3 is 2.44 bits per heavy atom. The molecule has 27 heavy (non-hydrogen) atoms. The predicted octanol–water partition coefficient (Wildman–Crippen LogP) is 2.96. The lowest BCUT2D eigenvalue weighted by molar-refractivity contribution is -0.140. The van der Waals surface area contributed by atoms with Crippen LogP contribution in [0.15, 0.2) is 52.5 Å². The van der Waals surface area contributed by atoms with Gasteiger partial charge in [-0.1, -0.05) is 30.3 Å². The maximum Gasteiger partial charge on any atom is 0.295 e. The number of carbonyl (C=O) groups is 2. The van der Waals surface area contributed by atoms with Crippen molar-refractivity contribution in [2.45, 2.75) is 19.4 Å². The Morgan fingerprint density at radius 1 is 1.15 bits per heavy atom. The van der Waals surface area contributed by atoms with Gasteiger partial charge in [0.2, 0.25) is 0 Å². The zero-order valence-corrected chi connectivity index (χ0v) is 15.8. The smallest absolute Gasteiger partial charge is 0.295 e. The number of hydrogen-bond donors (Lipinski definition) is 1. The van der Waals surface area contributed by atoms with Gasteiger partial charge in [-0.2, -0.15) is 0 Å². The van der Waals surface area contributed by atoms with Gasteiger partial charge in [-0.3, -0.25) is 9.59 Å². The van der Waals surface area contributed by atoms with Crippen LogP contribution in [0.3, 0.4) is 0 Å². The Hall–Kier alpha value is -2.86. The summed E-state index contributed by atoms with van der Waals surface area (Å²) in [4.78, 5) is 29.0. The van der Waals surface area contributed by atoms with Crippen molar-refractivity contribution < 1.29 is 19.1 Å². The van der Waals surface area contributed by atoms with E-state index in [1.54, 1.807) is 43.3 Å². The lowest BCUT2D eigenvalue weighted by Gasteiger charge is -2.24. The van der Waals surface area contributed by atoms with Gasteiger partial charge in [-0.15, -0.1) is 0 Å². The van der Waals surface area contributed by atoms with Crippen LogP contribution >= 0.6 is 0 Å². The molecule has 1 fully saturated rings. The molecule has 0 spiro atoms. The number of ketones is 1. The molecule has 1 amide bonds. The van der Waals surface area contributed by atoms with Gasteiger partial charge in [-0.25, -0.2) is 0 Å². The third-order valence-corrected chi connectivity index (χ3v) is 4.62. The fourth-order valence-electron chi connectivity index (χ4n) is 3.32. The largest absolute Gasteiger partial charge is 0.507 e. The normalized spacial score (nSPS) is 19.3. The topological polar surface area (TPSA) is 74.0 Å². The maximum absolute atomic E-state index is 12.8. The van der Waals surface area contributed by atoms with E-state index in [9.17, 15) is 14.7 Å². The molecule has 1 aromatic heterocycles. The molecule has 6 heteroatoms. The van der Waals surface area contributed by atoms with E-state index in [0.717, 1.165) is 6.54 Å². The minimum atomic E-state index is -0.721. The standard InChI is InChI=1S/C21H24N2O4/c1-14-10-11-16(27-14)18-17(19(24)15-8-5-4-6-9-15)20(25)21(26)23(18)13-7-12-22(2)3/h4-6,8-11,18,24H,7,12-13H2,1-3H3/t18-/m1/s1. The van der Waals surface area contributed by atoms with Crippen LogP contribution in [0.1, 0.15) is 29.5 Å². The van der Waals surface area contributed by atoms with Gasteiger partial charge in [0, 0.05) is 12.1 Å². The molecule has 142 valence electrons. The third kappa shape index (κ3) is 3.80. The number of carbonyl (C=O) groups excluding carboxylic acids is 2. The molecule has 2 aromatic rings. The fraction of sp³-hybridized carbons (Fsp3) is 0.333. The van der Waals surface area contributed by atoms with Crippen LogP contribution in [-0.4, -0.2) is 53.8 Å². The van der Waals surface area contributed by atoms with Gasteiger partial charge in [0.15, 0.2) is 0 Å². The van der Waals surface area contributed by atoms with Crippen molar-refractivity contribution in [3.63, 3.8) is 0 Å². The van der Waals surface area contributed by atoms with Crippen LogP contribution in [0.5, 0.6) is 0 Å². The number of rotatable bonds is 6. The van der Waals surface area contributed by atoms with E-state index >= 15 is 0 Å². The third-order valence-electron chi connectivity index (χ3n) is 4.62. The van der Waals surface area contributed by atoms with E-state index in [4.69, 9.17) is 4.42 Å². The Bertz CT molecular complexity index is 867. The van der Waals surface area contributed by atoms with Crippen LogP contribution in [0.4, 0.5) is 0 Å². The van der Waals surface area contributed by atoms with Gasteiger partial charge in [0.25, 0.3) is 11.7 Å². The highest BCUT2D eigenvalue weighted by atomic mass is 16.3. The first kappa shape index (κ1) is 18.9. The van der Waals surface area contributed by atoms with E-state index in [1.807, 2.05) is 25.1 Å². The van der Waals surface area contributed by atoms with Gasteiger partial charge in [-0.05, 0) is 46.1 Å². The molecule has 6 nitrogen and oxygen atoms in total. The molecule has 1 atom stereocenters. The summed E-state index contributed by atoms with van der Waals surface area (Å²) in [7, 11) is 3.91. The minimum absolute atomic E-state index is 0.0744. The van der Waals surface area contributed by atoms with E-state index in [1.165, 1.54) is 4.90 Å². The van der Waals surface area contributed by atoms with Crippen LogP contribution < -0.4 is 0 Å². The highest BCUT2D eigenvalue weighted by Gasteiger charge is 2.47. The molecule has 3 rings (SSSR count). The van der Waals surface area contributed by atoms with Crippen molar-refractivity contribution in [3.8, 4) is 0 Å². The van der Waals surface area contributed by atoms with Crippen molar-refractivity contribution in [2.24, 2.45) is 0 Å². The van der Waals surface area contributed by atoms with Crippen LogP contribution in [-0.2, 0) is 9.59 Å². The number of amides is 1. The summed E-state index contributed by atoms with van der Waals surface area (Å²) in [6.07, 6.45) is 0.710. The molecule has 1 N–H and O–H groups in total. The van der Waals surface area contributed by atoms with Crippen LogP contribution in [0.2, 0.25) is 0 Å². The van der Waals surface area contributed by atoms with E-state index in [0.29, 0.717) is 30.0 Å². The monoisotopic (exact) mass is 368 g/mol. The molecular formula is C21H24N2O4. The number of likely N-dealkylation sites (tertiary alicyclic amines) is 1. The molecule has 0 bridgehead atoms. The molecule has 1 aliphatic rings. The van der Waals surface area contributed by atoms with Crippen molar-refractivity contribution >= 4 is 17.4 Å². The number of benzene rings is 1. The number of aliphatic hydroxyl groups is 1. The molecule has 0 unspecified atom stereocenters. The fourth-order valence-corrected chi connectivity index (χ4v) is 3.32. The summed E-state index contributed by atoms with van der Waals surface area (Å²) >= 11 is 0. The van der Waals surface area contributed by atoms with Gasteiger partial charge in [0.05, 0.1) is 5.57 Å². The second-order valence-corrected chi connectivity index (χ2v) is 6.96. The van der Waals surface area contributed by atoms with E-state index in [-0.39, 0.29) is 11.3 Å². The van der Waals surface area contributed by atoms with Crippen molar-refractivity contribution in [1.29, 1.82) is 0 Å². The zero-order chi connectivity index (χ0) is 19.6. The summed E-state index contributed by atoms with van der Waals surface area (Å²) in [5.74, 6) is -0.300. The number of aliphatic hydroxyl groups excluding tert-OH is 1. The quantitative estimate of drug-likeness (QED) is 0.482. The molecule has 0 saturated carbocycles. The average Bonchev–Trinajstić information content (AvgIpc) is 3.18. The summed E-state index contributed by atoms with van der Waals surface area (Å²) in [5.41, 5.74) is 0.572. The maximum atomic E-state index is 12.8. The predicted molar refractivity (Wildman–Crippen MR) is 102 cm³/mol. The SMILES string of the molecule is Cc1ccc([C@@H]2C(=C(O)c3ccccc3)C(=O)C(=O)N2CCCN(C)C)o1. The molecule has 0 aliphatic carbocycles. The first-order valence-corrected chi connectivity index (χ1v) is 8.95. The summed E-state index contributed by atoms with van der Waals surface area (Å²) in [6.45, 7) is 2.99. The highest BCUT2D eigenvalue weighted by Crippen LogP contribution is 2.39. The van der Waals surface area contributed by atoms with Crippen LogP contribution in [0, 0.1) is 6.92 Å². The zero-order valence-electron chi connectivity index (χ0n) is 15.8. The Labute approximate surface area is 158 Å². The Morgan fingerprint density at radius 2 is 1.85 bits per heavy atom. The second-order valence-electron chi connectivity index (χ2n) is 6.96. The first-order chi connectivity index (χ1) is 12.9.